The Balaban J connectivity index is 1.15. The number of nitriles is 1. The predicted octanol–water partition coefficient (Wildman–Crippen LogP) is 4.76. The van der Waals surface area contributed by atoms with Crippen molar-refractivity contribution in [2.24, 2.45) is 0 Å². The topological polar surface area (TPSA) is 83.2 Å². The van der Waals surface area contributed by atoms with Crippen LogP contribution in [0.5, 0.6) is 5.75 Å². The Kier molecular flexibility index (Phi) is 7.25. The Hall–Kier alpha value is -4.15. The van der Waals surface area contributed by atoms with Crippen molar-refractivity contribution >= 4 is 22.5 Å². The lowest BCUT2D eigenvalue weighted by Gasteiger charge is -2.14. The summed E-state index contributed by atoms with van der Waals surface area (Å²) in [4.78, 5) is 15.2. The number of carbonyl (C=O) groups is 1. The molecular weight excluding hydrogens is 450 g/mol. The molecule has 1 aromatic heterocycles. The summed E-state index contributed by atoms with van der Waals surface area (Å²) in [5.74, 6) is 0.647. The van der Waals surface area contributed by atoms with E-state index < -0.39 is 0 Å². The standard InChI is InChI=1S/C29H29N5O2/c30-19-23-4-3-5-24(16-23)21-36-27-10-6-22(7-11-27)17-29(35)32-26-9-8-25-20-31-34(28(25)18-26)15-14-33-12-1-2-13-33/h3-11,16,18,20H,1-2,12-15,17,21H2,(H,32,35). The number of nitrogens with one attached hydrogen (secondary N) is 1. The zero-order valence-electron chi connectivity index (χ0n) is 20.2. The molecule has 182 valence electrons. The average molecular weight is 480 g/mol. The number of nitrogens with zero attached hydrogens (tertiary/aromatic N) is 4. The fraction of sp³-hybridized carbons (Fsp3) is 0.276. The second-order valence-corrected chi connectivity index (χ2v) is 9.16. The molecule has 1 N–H and O–H groups in total. The predicted molar refractivity (Wildman–Crippen MR) is 140 cm³/mol. The zero-order valence-corrected chi connectivity index (χ0v) is 20.2. The molecule has 1 amide bonds. The maximum Gasteiger partial charge on any atom is 0.228 e. The molecule has 0 radical (unpaired) electrons. The molecule has 0 unspecified atom stereocenters. The number of aromatic nitrogens is 2. The molecule has 36 heavy (non-hydrogen) atoms. The zero-order chi connectivity index (χ0) is 24.7. The van der Waals surface area contributed by atoms with Gasteiger partial charge >= 0.3 is 0 Å². The summed E-state index contributed by atoms with van der Waals surface area (Å²) in [7, 11) is 0. The van der Waals surface area contributed by atoms with Crippen molar-refractivity contribution in [1.29, 1.82) is 5.26 Å². The summed E-state index contributed by atoms with van der Waals surface area (Å²) >= 11 is 0. The summed E-state index contributed by atoms with van der Waals surface area (Å²) in [6.45, 7) is 4.57. The van der Waals surface area contributed by atoms with Gasteiger partial charge in [0, 0.05) is 17.6 Å². The van der Waals surface area contributed by atoms with E-state index in [1.807, 2.05) is 71.5 Å². The summed E-state index contributed by atoms with van der Waals surface area (Å²) in [5.41, 5.74) is 4.27. The quantitative estimate of drug-likeness (QED) is 0.374. The van der Waals surface area contributed by atoms with E-state index in [9.17, 15) is 4.79 Å². The van der Waals surface area contributed by atoms with E-state index >= 15 is 0 Å². The van der Waals surface area contributed by atoms with Crippen LogP contribution < -0.4 is 10.1 Å². The molecule has 0 atom stereocenters. The first-order chi connectivity index (χ1) is 17.7. The molecule has 2 heterocycles. The lowest BCUT2D eigenvalue weighted by atomic mass is 10.1. The minimum atomic E-state index is -0.0699. The van der Waals surface area contributed by atoms with Crippen molar-refractivity contribution in [2.45, 2.75) is 32.4 Å². The summed E-state index contributed by atoms with van der Waals surface area (Å²) in [6, 6.07) is 22.9. The monoisotopic (exact) mass is 479 g/mol. The van der Waals surface area contributed by atoms with E-state index in [-0.39, 0.29) is 12.3 Å². The summed E-state index contributed by atoms with van der Waals surface area (Å²) in [6.07, 6.45) is 4.72. The molecule has 7 nitrogen and oxygen atoms in total. The number of hydrogen-bond acceptors (Lipinski definition) is 5. The third kappa shape index (κ3) is 5.91. The van der Waals surface area contributed by atoms with Crippen LogP contribution in [0.3, 0.4) is 0 Å². The van der Waals surface area contributed by atoms with Gasteiger partial charge in [-0.1, -0.05) is 24.3 Å². The lowest BCUT2D eigenvalue weighted by molar-refractivity contribution is -0.115. The third-order valence-corrected chi connectivity index (χ3v) is 6.50. The summed E-state index contributed by atoms with van der Waals surface area (Å²) < 4.78 is 7.85. The first-order valence-electron chi connectivity index (χ1n) is 12.3. The van der Waals surface area contributed by atoms with E-state index in [2.05, 4.69) is 21.4 Å². The van der Waals surface area contributed by atoms with Crippen molar-refractivity contribution in [3.05, 3.63) is 89.6 Å². The first kappa shape index (κ1) is 23.6. The van der Waals surface area contributed by atoms with Crippen LogP contribution in [0.4, 0.5) is 5.69 Å². The SMILES string of the molecule is N#Cc1cccc(COc2ccc(CC(=O)Nc3ccc4cnn(CCN5CCCC5)c4c3)cc2)c1. The number of benzene rings is 3. The van der Waals surface area contributed by atoms with Gasteiger partial charge in [0.1, 0.15) is 12.4 Å². The molecule has 1 aliphatic rings. The number of likely N-dealkylation sites (tertiary alicyclic amines) is 1. The van der Waals surface area contributed by atoms with Crippen LogP contribution in [0.1, 0.15) is 29.5 Å². The molecule has 0 saturated carbocycles. The molecule has 0 aliphatic carbocycles. The Bertz CT molecular complexity index is 1380. The number of rotatable bonds is 9. The van der Waals surface area contributed by atoms with Crippen LogP contribution >= 0.6 is 0 Å². The Labute approximate surface area is 210 Å². The maximum absolute atomic E-state index is 12.7. The fourth-order valence-electron chi connectivity index (χ4n) is 4.56. The molecule has 0 bridgehead atoms. The van der Waals surface area contributed by atoms with Crippen molar-refractivity contribution < 1.29 is 9.53 Å². The Morgan fingerprint density at radius 1 is 1.00 bits per heavy atom. The molecule has 1 aliphatic heterocycles. The van der Waals surface area contributed by atoms with Crippen LogP contribution in [-0.2, 0) is 24.4 Å². The summed E-state index contributed by atoms with van der Waals surface area (Å²) in [5, 5.41) is 17.7. The van der Waals surface area contributed by atoms with Gasteiger partial charge in [-0.15, -0.1) is 0 Å². The van der Waals surface area contributed by atoms with Gasteiger partial charge in [-0.2, -0.15) is 10.4 Å². The molecule has 0 spiro atoms. The normalized spacial score (nSPS) is 13.5. The second-order valence-electron chi connectivity index (χ2n) is 9.16. The van der Waals surface area contributed by atoms with Gasteiger partial charge in [-0.05, 0) is 79.5 Å². The second kappa shape index (κ2) is 11.1. The van der Waals surface area contributed by atoms with Crippen molar-refractivity contribution in [3.63, 3.8) is 0 Å². The number of carbonyl (C=O) groups excluding carboxylic acids is 1. The number of hydrogen-bond donors (Lipinski definition) is 1. The number of amides is 1. The minimum Gasteiger partial charge on any atom is -0.489 e. The molecule has 7 heteroatoms. The highest BCUT2D eigenvalue weighted by atomic mass is 16.5. The average Bonchev–Trinajstić information content (AvgIpc) is 3.57. The number of ether oxygens (including phenoxy) is 1. The highest BCUT2D eigenvalue weighted by Crippen LogP contribution is 2.20. The van der Waals surface area contributed by atoms with Gasteiger partial charge in [0.25, 0.3) is 0 Å². The Morgan fingerprint density at radius 3 is 2.64 bits per heavy atom. The molecule has 4 aromatic rings. The van der Waals surface area contributed by atoms with E-state index in [1.54, 1.807) is 6.07 Å². The van der Waals surface area contributed by atoms with Crippen LogP contribution in [0.25, 0.3) is 10.9 Å². The first-order valence-corrected chi connectivity index (χ1v) is 12.3. The highest BCUT2D eigenvalue weighted by molar-refractivity contribution is 5.94. The highest BCUT2D eigenvalue weighted by Gasteiger charge is 2.13. The Morgan fingerprint density at radius 2 is 1.83 bits per heavy atom. The molecule has 1 fully saturated rings. The number of fused-ring (bicyclic) bond motifs is 1. The van der Waals surface area contributed by atoms with Crippen molar-refractivity contribution in [2.75, 3.05) is 25.0 Å². The van der Waals surface area contributed by atoms with Gasteiger partial charge in [0.2, 0.25) is 5.91 Å². The molecule has 3 aromatic carbocycles. The van der Waals surface area contributed by atoms with Gasteiger partial charge in [-0.25, -0.2) is 0 Å². The maximum atomic E-state index is 12.7. The van der Waals surface area contributed by atoms with E-state index in [1.165, 1.54) is 25.9 Å². The van der Waals surface area contributed by atoms with Crippen LogP contribution in [0.2, 0.25) is 0 Å². The minimum absolute atomic E-state index is 0.0699. The van der Waals surface area contributed by atoms with E-state index in [4.69, 9.17) is 10.00 Å². The largest absolute Gasteiger partial charge is 0.489 e. The van der Waals surface area contributed by atoms with Crippen molar-refractivity contribution in [1.82, 2.24) is 14.7 Å². The van der Waals surface area contributed by atoms with Gasteiger partial charge in [0.15, 0.2) is 0 Å². The van der Waals surface area contributed by atoms with E-state index in [0.717, 1.165) is 40.8 Å². The van der Waals surface area contributed by atoms with Crippen LogP contribution in [0, 0.1) is 11.3 Å². The van der Waals surface area contributed by atoms with Crippen LogP contribution in [-0.4, -0.2) is 40.2 Å². The van der Waals surface area contributed by atoms with Gasteiger partial charge < -0.3 is 15.0 Å². The molecule has 5 rings (SSSR count). The van der Waals surface area contributed by atoms with Crippen LogP contribution in [0.15, 0.2) is 72.9 Å². The number of anilines is 1. The van der Waals surface area contributed by atoms with Crippen molar-refractivity contribution in [3.8, 4) is 11.8 Å². The third-order valence-electron chi connectivity index (χ3n) is 6.50. The van der Waals surface area contributed by atoms with Gasteiger partial charge in [-0.3, -0.25) is 9.48 Å². The molecular formula is C29H29N5O2. The fourth-order valence-corrected chi connectivity index (χ4v) is 4.56. The van der Waals surface area contributed by atoms with E-state index in [0.29, 0.717) is 17.9 Å². The molecule has 1 saturated heterocycles. The lowest BCUT2D eigenvalue weighted by Crippen LogP contribution is -2.24. The van der Waals surface area contributed by atoms with Gasteiger partial charge in [0.05, 0.1) is 36.3 Å². The smallest absolute Gasteiger partial charge is 0.228 e.